The molecule has 0 fully saturated rings. The van der Waals surface area contributed by atoms with Crippen LogP contribution in [0.3, 0.4) is 0 Å². The van der Waals surface area contributed by atoms with Crippen LogP contribution in [-0.2, 0) is 6.61 Å². The molecule has 1 N–H and O–H groups in total. The summed E-state index contributed by atoms with van der Waals surface area (Å²) in [5, 5.41) is 6.01. The molecule has 25 heavy (non-hydrogen) atoms. The molecule has 128 valence electrons. The summed E-state index contributed by atoms with van der Waals surface area (Å²) in [6.45, 7) is 2.34. The Bertz CT molecular complexity index is 908. The third-order valence-electron chi connectivity index (χ3n) is 3.49. The molecule has 0 saturated carbocycles. The van der Waals surface area contributed by atoms with Gasteiger partial charge in [0.05, 0.1) is 4.88 Å². The summed E-state index contributed by atoms with van der Waals surface area (Å²) in [7, 11) is 0. The Balaban J connectivity index is 1.62. The van der Waals surface area contributed by atoms with E-state index < -0.39 is 0 Å². The largest absolute Gasteiger partial charge is 0.489 e. The molecule has 6 heteroatoms. The monoisotopic (exact) mass is 391 g/mol. The third kappa shape index (κ3) is 4.75. The highest BCUT2D eigenvalue weighted by Gasteiger charge is 2.10. The summed E-state index contributed by atoms with van der Waals surface area (Å²) in [5.74, 6) is 0.613. The molecule has 0 spiro atoms. The average molecular weight is 392 g/mol. The molecular weight excluding hydrogens is 377 g/mol. The maximum atomic E-state index is 12.3. The zero-order valence-corrected chi connectivity index (χ0v) is 15.7. The molecule has 0 aliphatic rings. The lowest BCUT2D eigenvalue weighted by atomic mass is 10.2. The Morgan fingerprint density at radius 3 is 2.68 bits per heavy atom. The second-order valence-corrected chi connectivity index (χ2v) is 7.27. The molecule has 0 aliphatic carbocycles. The molecule has 2 aromatic carbocycles. The normalized spacial score (nSPS) is 10.5. The van der Waals surface area contributed by atoms with Gasteiger partial charge in [0.1, 0.15) is 12.4 Å². The van der Waals surface area contributed by atoms with Crippen LogP contribution >= 0.6 is 34.5 Å². The van der Waals surface area contributed by atoms with Crippen molar-refractivity contribution in [1.29, 1.82) is 0 Å². The Labute approximate surface area is 160 Å². The zero-order chi connectivity index (χ0) is 17.8. The lowest BCUT2D eigenvalue weighted by molar-refractivity contribution is 0.103. The maximum Gasteiger partial charge on any atom is 0.265 e. The van der Waals surface area contributed by atoms with Crippen molar-refractivity contribution in [2.75, 3.05) is 5.32 Å². The van der Waals surface area contributed by atoms with Gasteiger partial charge in [-0.3, -0.25) is 4.79 Å². The fourth-order valence-corrected chi connectivity index (χ4v) is 3.47. The average Bonchev–Trinajstić information content (AvgIpc) is 3.03. The number of nitrogens with one attached hydrogen (secondary N) is 1. The van der Waals surface area contributed by atoms with E-state index in [-0.39, 0.29) is 5.91 Å². The summed E-state index contributed by atoms with van der Waals surface area (Å²) < 4.78 is 5.80. The van der Waals surface area contributed by atoms with E-state index >= 15 is 0 Å². The first-order valence-corrected chi connectivity index (χ1v) is 9.18. The molecule has 1 heterocycles. The second kappa shape index (κ2) is 7.91. The molecule has 0 aliphatic heterocycles. The summed E-state index contributed by atoms with van der Waals surface area (Å²) in [6, 6.07) is 14.4. The van der Waals surface area contributed by atoms with Crippen LogP contribution in [0.4, 0.5) is 5.69 Å². The number of hydrogen-bond acceptors (Lipinski definition) is 3. The number of benzene rings is 2. The zero-order valence-electron chi connectivity index (χ0n) is 13.4. The SMILES string of the molecule is Cc1cc(Cl)ccc1OCc1csc(C(=O)Nc2cccc(Cl)c2)c1. The Morgan fingerprint density at radius 1 is 1.12 bits per heavy atom. The van der Waals surface area contributed by atoms with Crippen LogP contribution < -0.4 is 10.1 Å². The number of hydrogen-bond donors (Lipinski definition) is 1. The van der Waals surface area contributed by atoms with Gasteiger partial charge in [0.2, 0.25) is 0 Å². The highest BCUT2D eigenvalue weighted by Crippen LogP contribution is 2.24. The molecule has 0 atom stereocenters. The summed E-state index contributed by atoms with van der Waals surface area (Å²) in [4.78, 5) is 12.9. The minimum atomic E-state index is -0.166. The van der Waals surface area contributed by atoms with E-state index in [0.29, 0.717) is 27.2 Å². The standard InChI is InChI=1S/C19H15Cl2NO2S/c1-12-7-15(21)5-6-17(12)24-10-13-8-18(25-11-13)19(23)22-16-4-2-3-14(20)9-16/h2-9,11H,10H2,1H3,(H,22,23). The van der Waals surface area contributed by atoms with E-state index in [4.69, 9.17) is 27.9 Å². The maximum absolute atomic E-state index is 12.3. The van der Waals surface area contributed by atoms with Crippen LogP contribution in [0.15, 0.2) is 53.9 Å². The van der Waals surface area contributed by atoms with Gasteiger partial charge in [0, 0.05) is 21.3 Å². The molecule has 0 saturated heterocycles. The molecule has 0 unspecified atom stereocenters. The first-order chi connectivity index (χ1) is 12.0. The Kier molecular flexibility index (Phi) is 5.63. The van der Waals surface area contributed by atoms with Crippen LogP contribution in [0.5, 0.6) is 5.75 Å². The van der Waals surface area contributed by atoms with Crippen molar-refractivity contribution in [3.05, 3.63) is 80.0 Å². The first-order valence-electron chi connectivity index (χ1n) is 7.54. The van der Waals surface area contributed by atoms with E-state index in [1.807, 2.05) is 30.5 Å². The van der Waals surface area contributed by atoms with Gasteiger partial charge < -0.3 is 10.1 Å². The Morgan fingerprint density at radius 2 is 1.92 bits per heavy atom. The summed E-state index contributed by atoms with van der Waals surface area (Å²) in [5.41, 5.74) is 2.58. The van der Waals surface area contributed by atoms with Gasteiger partial charge in [0.15, 0.2) is 0 Å². The van der Waals surface area contributed by atoms with E-state index in [1.54, 1.807) is 30.3 Å². The van der Waals surface area contributed by atoms with Gasteiger partial charge >= 0.3 is 0 Å². The van der Waals surface area contributed by atoms with Crippen molar-refractivity contribution in [2.45, 2.75) is 13.5 Å². The van der Waals surface area contributed by atoms with Gasteiger partial charge in [-0.2, -0.15) is 0 Å². The van der Waals surface area contributed by atoms with Crippen molar-refractivity contribution < 1.29 is 9.53 Å². The first kappa shape index (κ1) is 17.8. The number of thiophene rings is 1. The topological polar surface area (TPSA) is 38.3 Å². The molecule has 1 aromatic heterocycles. The van der Waals surface area contributed by atoms with Gasteiger partial charge in [0.25, 0.3) is 5.91 Å². The quantitative estimate of drug-likeness (QED) is 0.562. The highest BCUT2D eigenvalue weighted by molar-refractivity contribution is 7.12. The molecule has 0 bridgehead atoms. The molecule has 1 amide bonds. The minimum absolute atomic E-state index is 0.166. The van der Waals surface area contributed by atoms with Crippen molar-refractivity contribution in [2.24, 2.45) is 0 Å². The summed E-state index contributed by atoms with van der Waals surface area (Å²) >= 11 is 13.2. The molecule has 3 nitrogen and oxygen atoms in total. The molecular formula is C19H15Cl2NO2S. The van der Waals surface area contributed by atoms with Crippen molar-refractivity contribution >= 4 is 46.1 Å². The van der Waals surface area contributed by atoms with Gasteiger partial charge in [-0.05, 0) is 60.3 Å². The number of halogens is 2. The predicted octanol–water partition coefficient (Wildman–Crippen LogP) is 6.19. The van der Waals surface area contributed by atoms with Crippen LogP contribution in [0.1, 0.15) is 20.8 Å². The van der Waals surface area contributed by atoms with Gasteiger partial charge in [-0.25, -0.2) is 0 Å². The molecule has 0 radical (unpaired) electrons. The fourth-order valence-electron chi connectivity index (χ4n) is 2.27. The van der Waals surface area contributed by atoms with Crippen molar-refractivity contribution in [3.8, 4) is 5.75 Å². The Hall–Kier alpha value is -2.01. The predicted molar refractivity (Wildman–Crippen MR) is 104 cm³/mol. The van der Waals surface area contributed by atoms with Crippen LogP contribution in [-0.4, -0.2) is 5.91 Å². The van der Waals surface area contributed by atoms with E-state index in [2.05, 4.69) is 5.32 Å². The minimum Gasteiger partial charge on any atom is -0.489 e. The smallest absolute Gasteiger partial charge is 0.265 e. The van der Waals surface area contributed by atoms with Gasteiger partial charge in [-0.1, -0.05) is 29.3 Å². The number of rotatable bonds is 5. The van der Waals surface area contributed by atoms with Crippen LogP contribution in [0.2, 0.25) is 10.0 Å². The summed E-state index contributed by atoms with van der Waals surface area (Å²) in [6.07, 6.45) is 0. The number of aryl methyl sites for hydroxylation is 1. The fraction of sp³-hybridized carbons (Fsp3) is 0.105. The molecule has 3 aromatic rings. The third-order valence-corrected chi connectivity index (χ3v) is 4.94. The van der Waals surface area contributed by atoms with E-state index in [0.717, 1.165) is 16.9 Å². The highest BCUT2D eigenvalue weighted by atomic mass is 35.5. The van der Waals surface area contributed by atoms with E-state index in [9.17, 15) is 4.79 Å². The lowest BCUT2D eigenvalue weighted by Crippen LogP contribution is -2.10. The van der Waals surface area contributed by atoms with Crippen molar-refractivity contribution in [3.63, 3.8) is 0 Å². The van der Waals surface area contributed by atoms with E-state index in [1.165, 1.54) is 11.3 Å². The molecule has 3 rings (SSSR count). The number of ether oxygens (including phenoxy) is 1. The van der Waals surface area contributed by atoms with Crippen molar-refractivity contribution in [1.82, 2.24) is 0 Å². The lowest BCUT2D eigenvalue weighted by Gasteiger charge is -2.08. The second-order valence-electron chi connectivity index (χ2n) is 5.48. The number of amides is 1. The van der Waals surface area contributed by atoms with Gasteiger partial charge in [-0.15, -0.1) is 11.3 Å². The van der Waals surface area contributed by atoms with Crippen LogP contribution in [0, 0.1) is 6.92 Å². The number of carbonyl (C=O) groups is 1. The number of carbonyl (C=O) groups excluding carboxylic acids is 1. The number of anilines is 1. The van der Waals surface area contributed by atoms with Crippen LogP contribution in [0.25, 0.3) is 0 Å².